The SMILES string of the molecule is CNCc1cccc2c1ccn2CCC(=O)NC1CC1. The molecule has 0 atom stereocenters. The van der Waals surface area contributed by atoms with Gasteiger partial charge in [-0.2, -0.15) is 0 Å². The highest BCUT2D eigenvalue weighted by molar-refractivity contribution is 5.84. The van der Waals surface area contributed by atoms with E-state index in [4.69, 9.17) is 0 Å². The van der Waals surface area contributed by atoms with Gasteiger partial charge >= 0.3 is 0 Å². The van der Waals surface area contributed by atoms with E-state index in [1.54, 1.807) is 0 Å². The second kappa shape index (κ2) is 5.67. The number of hydrogen-bond donors (Lipinski definition) is 2. The van der Waals surface area contributed by atoms with Gasteiger partial charge in [0.25, 0.3) is 0 Å². The Balaban J connectivity index is 1.71. The van der Waals surface area contributed by atoms with Crippen molar-refractivity contribution in [2.45, 2.75) is 38.4 Å². The maximum absolute atomic E-state index is 11.8. The number of nitrogens with zero attached hydrogens (tertiary/aromatic N) is 1. The average molecular weight is 271 g/mol. The first-order chi connectivity index (χ1) is 9.78. The molecular weight excluding hydrogens is 250 g/mol. The van der Waals surface area contributed by atoms with Crippen LogP contribution in [0.2, 0.25) is 0 Å². The molecule has 1 heterocycles. The first-order valence-corrected chi connectivity index (χ1v) is 7.28. The number of nitrogens with one attached hydrogen (secondary N) is 2. The Morgan fingerprint density at radius 2 is 2.20 bits per heavy atom. The highest BCUT2D eigenvalue weighted by Crippen LogP contribution is 2.21. The number of amides is 1. The lowest BCUT2D eigenvalue weighted by atomic mass is 10.1. The standard InChI is InChI=1S/C16H21N3O/c1-17-11-12-3-2-4-15-14(12)7-9-19(15)10-8-16(20)18-13-5-6-13/h2-4,7,9,13,17H,5-6,8,10-11H2,1H3,(H,18,20). The van der Waals surface area contributed by atoms with Crippen LogP contribution in [-0.2, 0) is 17.9 Å². The van der Waals surface area contributed by atoms with Crippen molar-refractivity contribution in [2.75, 3.05) is 7.05 Å². The molecule has 1 fully saturated rings. The predicted molar refractivity (Wildman–Crippen MR) is 80.5 cm³/mol. The smallest absolute Gasteiger partial charge is 0.222 e. The van der Waals surface area contributed by atoms with Gasteiger partial charge in [0.1, 0.15) is 0 Å². The minimum atomic E-state index is 0.167. The van der Waals surface area contributed by atoms with Gasteiger partial charge in [0.15, 0.2) is 0 Å². The zero-order chi connectivity index (χ0) is 13.9. The van der Waals surface area contributed by atoms with E-state index in [2.05, 4.69) is 45.7 Å². The van der Waals surface area contributed by atoms with Crippen molar-refractivity contribution in [3.05, 3.63) is 36.0 Å². The Hall–Kier alpha value is -1.81. The number of rotatable bonds is 6. The number of fused-ring (bicyclic) bond motifs is 1. The third-order valence-electron chi connectivity index (χ3n) is 3.79. The van der Waals surface area contributed by atoms with Crippen molar-refractivity contribution in [1.29, 1.82) is 0 Å². The van der Waals surface area contributed by atoms with E-state index in [0.717, 1.165) is 25.9 Å². The molecule has 0 bridgehead atoms. The molecule has 0 saturated heterocycles. The van der Waals surface area contributed by atoms with Crippen molar-refractivity contribution >= 4 is 16.8 Å². The van der Waals surface area contributed by atoms with E-state index >= 15 is 0 Å². The molecule has 0 unspecified atom stereocenters. The van der Waals surface area contributed by atoms with Crippen molar-refractivity contribution in [2.24, 2.45) is 0 Å². The highest BCUT2D eigenvalue weighted by Gasteiger charge is 2.22. The number of carbonyl (C=O) groups excluding carboxylic acids is 1. The van der Waals surface area contributed by atoms with Crippen LogP contribution in [0.4, 0.5) is 0 Å². The Kier molecular flexibility index (Phi) is 3.74. The summed E-state index contributed by atoms with van der Waals surface area (Å²) in [5, 5.41) is 7.49. The van der Waals surface area contributed by atoms with Crippen LogP contribution in [0.3, 0.4) is 0 Å². The fourth-order valence-electron chi connectivity index (χ4n) is 2.58. The minimum absolute atomic E-state index is 0.167. The summed E-state index contributed by atoms with van der Waals surface area (Å²) in [7, 11) is 1.96. The van der Waals surface area contributed by atoms with Crippen LogP contribution >= 0.6 is 0 Å². The van der Waals surface area contributed by atoms with Gasteiger partial charge in [-0.15, -0.1) is 0 Å². The largest absolute Gasteiger partial charge is 0.353 e. The average Bonchev–Trinajstić information content (AvgIpc) is 3.15. The van der Waals surface area contributed by atoms with Crippen molar-refractivity contribution < 1.29 is 4.79 Å². The highest BCUT2D eigenvalue weighted by atomic mass is 16.1. The molecule has 1 aromatic heterocycles. The Labute approximate surface area is 119 Å². The molecule has 2 aromatic rings. The van der Waals surface area contributed by atoms with Gasteiger partial charge in [-0.25, -0.2) is 0 Å². The van der Waals surface area contributed by atoms with E-state index < -0.39 is 0 Å². The number of aromatic nitrogens is 1. The molecule has 3 rings (SSSR count). The monoisotopic (exact) mass is 271 g/mol. The van der Waals surface area contributed by atoms with Gasteiger partial charge in [-0.1, -0.05) is 12.1 Å². The van der Waals surface area contributed by atoms with E-state index in [1.807, 2.05) is 7.05 Å². The molecule has 1 saturated carbocycles. The van der Waals surface area contributed by atoms with Gasteiger partial charge in [-0.3, -0.25) is 4.79 Å². The molecule has 106 valence electrons. The lowest BCUT2D eigenvalue weighted by Crippen LogP contribution is -2.26. The molecule has 1 aliphatic carbocycles. The zero-order valence-electron chi connectivity index (χ0n) is 11.9. The summed E-state index contributed by atoms with van der Waals surface area (Å²) >= 11 is 0. The van der Waals surface area contributed by atoms with E-state index in [0.29, 0.717) is 12.5 Å². The van der Waals surface area contributed by atoms with E-state index in [9.17, 15) is 4.79 Å². The number of benzene rings is 1. The van der Waals surface area contributed by atoms with Gasteiger partial charge in [0, 0.05) is 42.7 Å². The quantitative estimate of drug-likeness (QED) is 0.844. The molecule has 1 amide bonds. The Morgan fingerprint density at radius 1 is 1.35 bits per heavy atom. The fraction of sp³-hybridized carbons (Fsp3) is 0.438. The predicted octanol–water partition coefficient (Wildman–Crippen LogP) is 2.03. The topological polar surface area (TPSA) is 46.1 Å². The van der Waals surface area contributed by atoms with Gasteiger partial charge in [-0.05, 0) is 37.6 Å². The Bertz CT molecular complexity index is 613. The molecule has 1 aromatic carbocycles. The zero-order valence-corrected chi connectivity index (χ0v) is 11.9. The molecule has 0 aliphatic heterocycles. The van der Waals surface area contributed by atoms with Crippen molar-refractivity contribution in [3.8, 4) is 0 Å². The third-order valence-corrected chi connectivity index (χ3v) is 3.79. The molecule has 20 heavy (non-hydrogen) atoms. The van der Waals surface area contributed by atoms with Gasteiger partial charge in [0.2, 0.25) is 5.91 Å². The summed E-state index contributed by atoms with van der Waals surface area (Å²) in [5.74, 6) is 0.167. The maximum Gasteiger partial charge on any atom is 0.222 e. The third kappa shape index (κ3) is 2.85. The second-order valence-corrected chi connectivity index (χ2v) is 5.48. The lowest BCUT2D eigenvalue weighted by molar-refractivity contribution is -0.121. The summed E-state index contributed by atoms with van der Waals surface area (Å²) in [6.07, 6.45) is 4.92. The van der Waals surface area contributed by atoms with Crippen LogP contribution < -0.4 is 10.6 Å². The molecular formula is C16H21N3O. The van der Waals surface area contributed by atoms with Crippen molar-refractivity contribution in [3.63, 3.8) is 0 Å². The Morgan fingerprint density at radius 3 is 2.95 bits per heavy atom. The molecule has 0 radical (unpaired) electrons. The molecule has 2 N–H and O–H groups in total. The van der Waals surface area contributed by atoms with Crippen LogP contribution in [0.15, 0.2) is 30.5 Å². The normalized spacial score (nSPS) is 14.7. The molecule has 1 aliphatic rings. The first-order valence-electron chi connectivity index (χ1n) is 7.28. The number of carbonyl (C=O) groups is 1. The lowest BCUT2D eigenvalue weighted by Gasteiger charge is -2.07. The maximum atomic E-state index is 11.8. The first kappa shape index (κ1) is 13.2. The van der Waals surface area contributed by atoms with Crippen molar-refractivity contribution in [1.82, 2.24) is 15.2 Å². The van der Waals surface area contributed by atoms with Gasteiger partial charge < -0.3 is 15.2 Å². The number of hydrogen-bond acceptors (Lipinski definition) is 2. The summed E-state index contributed by atoms with van der Waals surface area (Å²) < 4.78 is 2.17. The molecule has 0 spiro atoms. The second-order valence-electron chi connectivity index (χ2n) is 5.48. The summed E-state index contributed by atoms with van der Waals surface area (Å²) in [6, 6.07) is 8.93. The summed E-state index contributed by atoms with van der Waals surface area (Å²) in [6.45, 7) is 1.61. The van der Waals surface area contributed by atoms with Crippen LogP contribution in [-0.4, -0.2) is 23.6 Å². The van der Waals surface area contributed by atoms with E-state index in [-0.39, 0.29) is 5.91 Å². The van der Waals surface area contributed by atoms with Gasteiger partial charge in [0.05, 0.1) is 0 Å². The van der Waals surface area contributed by atoms with Crippen LogP contribution in [0.5, 0.6) is 0 Å². The summed E-state index contributed by atoms with van der Waals surface area (Å²) in [5.41, 5.74) is 2.50. The summed E-state index contributed by atoms with van der Waals surface area (Å²) in [4.78, 5) is 11.8. The van der Waals surface area contributed by atoms with Crippen LogP contribution in [0.1, 0.15) is 24.8 Å². The molecule has 4 heteroatoms. The minimum Gasteiger partial charge on any atom is -0.353 e. The fourth-order valence-corrected chi connectivity index (χ4v) is 2.58. The van der Waals surface area contributed by atoms with Crippen LogP contribution in [0, 0.1) is 0 Å². The number of aryl methyl sites for hydroxylation is 1. The van der Waals surface area contributed by atoms with Crippen LogP contribution in [0.25, 0.3) is 10.9 Å². The molecule has 4 nitrogen and oxygen atoms in total. The van der Waals surface area contributed by atoms with E-state index in [1.165, 1.54) is 16.5 Å².